The third-order valence-electron chi connectivity index (χ3n) is 3.77. The number of sulfonamides is 1. The van der Waals surface area contributed by atoms with Gasteiger partial charge in [0, 0.05) is 18.2 Å². The van der Waals surface area contributed by atoms with Crippen molar-refractivity contribution in [3.8, 4) is 0 Å². The molecule has 1 fully saturated rings. The van der Waals surface area contributed by atoms with Crippen molar-refractivity contribution < 1.29 is 12.8 Å². The number of halogens is 1. The molecule has 0 aliphatic heterocycles. The van der Waals surface area contributed by atoms with Crippen molar-refractivity contribution >= 4 is 10.0 Å². The summed E-state index contributed by atoms with van der Waals surface area (Å²) in [4.78, 5) is 0.147. The molecule has 0 saturated heterocycles. The van der Waals surface area contributed by atoms with Gasteiger partial charge in [-0.15, -0.1) is 0 Å². The fourth-order valence-electron chi connectivity index (χ4n) is 2.24. The van der Waals surface area contributed by atoms with E-state index in [1.165, 1.54) is 12.1 Å². The predicted octanol–water partition coefficient (Wildman–Crippen LogP) is 2.32. The Morgan fingerprint density at radius 1 is 1.38 bits per heavy atom. The average Bonchev–Trinajstić information content (AvgIpc) is 3.09. The smallest absolute Gasteiger partial charge is 0.240 e. The SMILES string of the molecule is CCCNCc1cc(S(=O)(=O)NC2CC2C)cc(C)c1F. The van der Waals surface area contributed by atoms with Crippen LogP contribution in [-0.4, -0.2) is 21.0 Å². The summed E-state index contributed by atoms with van der Waals surface area (Å²) in [6, 6.07) is 2.84. The lowest BCUT2D eigenvalue weighted by atomic mass is 10.1. The van der Waals surface area contributed by atoms with E-state index < -0.39 is 10.0 Å². The topological polar surface area (TPSA) is 58.2 Å². The number of hydrogen-bond acceptors (Lipinski definition) is 3. The summed E-state index contributed by atoms with van der Waals surface area (Å²) in [5.74, 6) is 0.0457. The third-order valence-corrected chi connectivity index (χ3v) is 5.24. The lowest BCUT2D eigenvalue weighted by molar-refractivity contribution is 0.568. The summed E-state index contributed by atoms with van der Waals surface area (Å²) in [6.45, 7) is 6.73. The Morgan fingerprint density at radius 2 is 2.05 bits per heavy atom. The summed E-state index contributed by atoms with van der Waals surface area (Å²) in [7, 11) is -3.57. The van der Waals surface area contributed by atoms with Crippen molar-refractivity contribution in [1.29, 1.82) is 0 Å². The highest BCUT2D eigenvalue weighted by Gasteiger charge is 2.36. The van der Waals surface area contributed by atoms with E-state index in [1.54, 1.807) is 6.92 Å². The van der Waals surface area contributed by atoms with Gasteiger partial charge in [0.15, 0.2) is 0 Å². The van der Waals surface area contributed by atoms with Crippen LogP contribution in [0.4, 0.5) is 4.39 Å². The van der Waals surface area contributed by atoms with Gasteiger partial charge in [-0.05, 0) is 49.9 Å². The van der Waals surface area contributed by atoms with E-state index in [4.69, 9.17) is 0 Å². The van der Waals surface area contributed by atoms with Crippen LogP contribution in [0.3, 0.4) is 0 Å². The minimum Gasteiger partial charge on any atom is -0.313 e. The van der Waals surface area contributed by atoms with Crippen LogP contribution >= 0.6 is 0 Å². The largest absolute Gasteiger partial charge is 0.313 e. The highest BCUT2D eigenvalue weighted by Crippen LogP contribution is 2.31. The van der Waals surface area contributed by atoms with Gasteiger partial charge in [0.2, 0.25) is 10.0 Å². The first-order valence-corrected chi connectivity index (χ1v) is 8.85. The van der Waals surface area contributed by atoms with Gasteiger partial charge in [-0.3, -0.25) is 0 Å². The van der Waals surface area contributed by atoms with Crippen molar-refractivity contribution in [1.82, 2.24) is 10.0 Å². The van der Waals surface area contributed by atoms with E-state index in [1.807, 2.05) is 13.8 Å². The maximum Gasteiger partial charge on any atom is 0.240 e. The third kappa shape index (κ3) is 4.02. The normalized spacial score (nSPS) is 21.5. The first-order valence-electron chi connectivity index (χ1n) is 7.37. The van der Waals surface area contributed by atoms with Crippen LogP contribution in [0.5, 0.6) is 0 Å². The second kappa shape index (κ2) is 6.42. The first-order chi connectivity index (χ1) is 9.85. The van der Waals surface area contributed by atoms with Gasteiger partial charge < -0.3 is 5.32 Å². The molecule has 1 aromatic carbocycles. The molecule has 2 atom stereocenters. The molecule has 1 aromatic rings. The zero-order valence-electron chi connectivity index (χ0n) is 12.7. The Kier molecular flexibility index (Phi) is 5.01. The van der Waals surface area contributed by atoms with Crippen LogP contribution in [-0.2, 0) is 16.6 Å². The number of aryl methyl sites for hydroxylation is 1. The highest BCUT2D eigenvalue weighted by molar-refractivity contribution is 7.89. The van der Waals surface area contributed by atoms with Crippen LogP contribution in [0.2, 0.25) is 0 Å². The predicted molar refractivity (Wildman–Crippen MR) is 81.0 cm³/mol. The van der Waals surface area contributed by atoms with Gasteiger partial charge in [0.25, 0.3) is 0 Å². The maximum atomic E-state index is 14.1. The van der Waals surface area contributed by atoms with E-state index in [0.29, 0.717) is 23.6 Å². The molecule has 1 saturated carbocycles. The summed E-state index contributed by atoms with van der Waals surface area (Å²) in [5, 5.41) is 3.10. The standard InChI is InChI=1S/C15H23FN2O2S/c1-4-5-17-9-12-8-13(6-11(3)15(12)16)21(19,20)18-14-7-10(14)2/h6,8,10,14,17-18H,4-5,7,9H2,1-3H3. The zero-order valence-corrected chi connectivity index (χ0v) is 13.6. The molecule has 118 valence electrons. The molecule has 1 aliphatic carbocycles. The van der Waals surface area contributed by atoms with E-state index in [0.717, 1.165) is 19.4 Å². The molecule has 21 heavy (non-hydrogen) atoms. The second-order valence-corrected chi connectivity index (χ2v) is 7.54. The molecular formula is C15H23FN2O2S. The van der Waals surface area contributed by atoms with Crippen LogP contribution < -0.4 is 10.0 Å². The van der Waals surface area contributed by atoms with E-state index >= 15 is 0 Å². The molecule has 0 heterocycles. The summed E-state index contributed by atoms with van der Waals surface area (Å²) in [5.41, 5.74) is 0.752. The Labute approximate surface area is 126 Å². The van der Waals surface area contributed by atoms with Crippen LogP contribution in [0, 0.1) is 18.7 Å². The fourth-order valence-corrected chi connectivity index (χ4v) is 3.74. The molecule has 6 heteroatoms. The number of nitrogens with one attached hydrogen (secondary N) is 2. The molecule has 2 rings (SSSR count). The van der Waals surface area contributed by atoms with Crippen LogP contribution in [0.25, 0.3) is 0 Å². The minimum atomic E-state index is -3.57. The second-order valence-electron chi connectivity index (χ2n) is 5.83. The Morgan fingerprint density at radius 3 is 2.62 bits per heavy atom. The van der Waals surface area contributed by atoms with Gasteiger partial charge in [0.1, 0.15) is 5.82 Å². The van der Waals surface area contributed by atoms with Gasteiger partial charge >= 0.3 is 0 Å². The number of benzene rings is 1. The lowest BCUT2D eigenvalue weighted by Crippen LogP contribution is -2.27. The quantitative estimate of drug-likeness (QED) is 0.759. The Bertz CT molecular complexity index is 616. The molecule has 0 spiro atoms. The molecule has 4 nitrogen and oxygen atoms in total. The van der Waals surface area contributed by atoms with Crippen LogP contribution in [0.1, 0.15) is 37.8 Å². The summed E-state index contributed by atoms with van der Waals surface area (Å²) < 4.78 is 41.4. The van der Waals surface area contributed by atoms with Crippen molar-refractivity contribution in [2.45, 2.75) is 51.1 Å². The maximum absolute atomic E-state index is 14.1. The Hall–Kier alpha value is -0.980. The molecule has 2 unspecified atom stereocenters. The number of hydrogen-bond donors (Lipinski definition) is 2. The van der Waals surface area contributed by atoms with Crippen molar-refractivity contribution in [2.24, 2.45) is 5.92 Å². The average molecular weight is 314 g/mol. The first kappa shape index (κ1) is 16.4. The molecule has 0 amide bonds. The zero-order chi connectivity index (χ0) is 15.6. The molecule has 0 bridgehead atoms. The summed E-state index contributed by atoms with van der Waals surface area (Å²) in [6.07, 6.45) is 1.81. The molecular weight excluding hydrogens is 291 g/mol. The molecule has 1 aliphatic rings. The van der Waals surface area contributed by atoms with Gasteiger partial charge in [-0.1, -0.05) is 13.8 Å². The van der Waals surface area contributed by atoms with Crippen molar-refractivity contribution in [3.63, 3.8) is 0 Å². The number of rotatable bonds is 7. The van der Waals surface area contributed by atoms with Crippen molar-refractivity contribution in [2.75, 3.05) is 6.54 Å². The Balaban J connectivity index is 2.23. The minimum absolute atomic E-state index is 0.0158. The van der Waals surface area contributed by atoms with Gasteiger partial charge in [-0.2, -0.15) is 0 Å². The highest BCUT2D eigenvalue weighted by atomic mass is 32.2. The van der Waals surface area contributed by atoms with E-state index in [9.17, 15) is 12.8 Å². The summed E-state index contributed by atoms with van der Waals surface area (Å²) >= 11 is 0. The molecule has 2 N–H and O–H groups in total. The van der Waals surface area contributed by atoms with Crippen LogP contribution in [0.15, 0.2) is 17.0 Å². The monoisotopic (exact) mass is 314 g/mol. The van der Waals surface area contributed by atoms with E-state index in [2.05, 4.69) is 10.0 Å². The molecule has 0 aromatic heterocycles. The van der Waals surface area contributed by atoms with Gasteiger partial charge in [-0.25, -0.2) is 17.5 Å². The fraction of sp³-hybridized carbons (Fsp3) is 0.600. The lowest BCUT2D eigenvalue weighted by Gasteiger charge is -2.12. The van der Waals surface area contributed by atoms with Crippen molar-refractivity contribution in [3.05, 3.63) is 29.1 Å². The molecule has 0 radical (unpaired) electrons. The van der Waals surface area contributed by atoms with Gasteiger partial charge in [0.05, 0.1) is 4.90 Å². The van der Waals surface area contributed by atoms with E-state index in [-0.39, 0.29) is 16.8 Å².